The van der Waals surface area contributed by atoms with Crippen molar-refractivity contribution in [3.8, 4) is 0 Å². The van der Waals surface area contributed by atoms with Crippen molar-refractivity contribution in [3.63, 3.8) is 0 Å². The lowest BCUT2D eigenvalue weighted by atomic mass is 9.82. The summed E-state index contributed by atoms with van der Waals surface area (Å²) in [6.07, 6.45) is 4.35. The van der Waals surface area contributed by atoms with E-state index in [4.69, 9.17) is 0 Å². The van der Waals surface area contributed by atoms with Crippen LogP contribution in [0.15, 0.2) is 24.3 Å². The molecule has 27 heavy (non-hydrogen) atoms. The van der Waals surface area contributed by atoms with Crippen LogP contribution in [-0.4, -0.2) is 65.4 Å². The zero-order valence-corrected chi connectivity index (χ0v) is 16.1. The highest BCUT2D eigenvalue weighted by molar-refractivity contribution is 5.74. The molecule has 2 fully saturated rings. The Labute approximate surface area is 162 Å². The second-order valence-corrected chi connectivity index (χ2v) is 7.95. The van der Waals surface area contributed by atoms with Crippen LogP contribution in [0.2, 0.25) is 0 Å². The maximum atomic E-state index is 12.4. The van der Waals surface area contributed by atoms with Crippen LogP contribution in [0.1, 0.15) is 36.8 Å². The molecule has 0 spiro atoms. The van der Waals surface area contributed by atoms with Gasteiger partial charge in [-0.2, -0.15) is 0 Å². The van der Waals surface area contributed by atoms with Crippen molar-refractivity contribution in [1.29, 1.82) is 0 Å². The second-order valence-electron chi connectivity index (χ2n) is 7.95. The number of nitrogens with one attached hydrogen (secondary N) is 1. The Morgan fingerprint density at radius 1 is 0.963 bits per heavy atom. The zero-order valence-electron chi connectivity index (χ0n) is 16.1. The number of hydrogen-bond donors (Lipinski definition) is 3. The summed E-state index contributed by atoms with van der Waals surface area (Å²) in [6, 6.07) is 8.04. The van der Waals surface area contributed by atoms with Gasteiger partial charge in [0.15, 0.2) is 0 Å². The minimum absolute atomic E-state index is 0.0506. The molecule has 150 valence electrons. The Morgan fingerprint density at radius 2 is 1.59 bits per heavy atom. The molecule has 3 rings (SSSR count). The van der Waals surface area contributed by atoms with Gasteiger partial charge in [-0.15, -0.1) is 0 Å². The maximum Gasteiger partial charge on any atom is 0.317 e. The van der Waals surface area contributed by atoms with Crippen molar-refractivity contribution >= 4 is 6.03 Å². The van der Waals surface area contributed by atoms with Crippen LogP contribution in [0.25, 0.3) is 0 Å². The van der Waals surface area contributed by atoms with Crippen molar-refractivity contribution in [2.24, 2.45) is 11.8 Å². The highest BCUT2D eigenvalue weighted by Crippen LogP contribution is 2.27. The van der Waals surface area contributed by atoms with E-state index in [-0.39, 0.29) is 12.6 Å². The normalized spacial score (nSPS) is 24.0. The topological polar surface area (TPSA) is 76.0 Å². The number of aliphatic hydroxyl groups excluding tert-OH is 2. The monoisotopic (exact) mass is 375 g/mol. The van der Waals surface area contributed by atoms with E-state index in [1.54, 1.807) is 0 Å². The molecule has 2 amide bonds. The molecule has 1 aliphatic heterocycles. The van der Waals surface area contributed by atoms with Crippen LogP contribution in [0.4, 0.5) is 4.79 Å². The van der Waals surface area contributed by atoms with E-state index in [1.165, 1.54) is 0 Å². The van der Waals surface area contributed by atoms with Crippen LogP contribution in [0.3, 0.4) is 0 Å². The first-order valence-electron chi connectivity index (χ1n) is 10.2. The summed E-state index contributed by atoms with van der Waals surface area (Å²) in [7, 11) is 0. The van der Waals surface area contributed by atoms with Gasteiger partial charge in [0.25, 0.3) is 0 Å². The number of urea groups is 1. The molecule has 0 radical (unpaired) electrons. The summed E-state index contributed by atoms with van der Waals surface area (Å²) >= 11 is 0. The lowest BCUT2D eigenvalue weighted by molar-refractivity contribution is 0.131. The van der Waals surface area contributed by atoms with Gasteiger partial charge in [-0.1, -0.05) is 24.3 Å². The molecule has 0 unspecified atom stereocenters. The number of carbonyl (C=O) groups excluding carboxylic acids is 1. The standard InChI is InChI=1S/C21H33N3O3/c25-15-18-7-5-17(6-8-18)13-22-21(27)24-11-9-23(10-12-24)14-19-3-1-2-4-20(19)16-26/h1-4,17-18,25-26H,5-16H2,(H,22,27). The summed E-state index contributed by atoms with van der Waals surface area (Å²) in [5.41, 5.74) is 2.14. The lowest BCUT2D eigenvalue weighted by Gasteiger charge is -2.35. The number of rotatable bonds is 6. The number of piperazine rings is 1. The summed E-state index contributed by atoms with van der Waals surface area (Å²) in [4.78, 5) is 16.7. The van der Waals surface area contributed by atoms with Gasteiger partial charge in [-0.3, -0.25) is 4.90 Å². The van der Waals surface area contributed by atoms with Gasteiger partial charge >= 0.3 is 6.03 Å². The van der Waals surface area contributed by atoms with E-state index in [0.29, 0.717) is 18.4 Å². The second kappa shape index (κ2) is 10.1. The molecule has 0 bridgehead atoms. The third-order valence-corrected chi connectivity index (χ3v) is 6.11. The molecule has 1 saturated heterocycles. The van der Waals surface area contributed by atoms with Gasteiger partial charge in [-0.05, 0) is 48.6 Å². The molecule has 0 atom stereocenters. The molecule has 1 aliphatic carbocycles. The molecule has 1 aromatic carbocycles. The molecule has 6 heteroatoms. The van der Waals surface area contributed by atoms with Crippen LogP contribution < -0.4 is 5.32 Å². The molecule has 3 N–H and O–H groups in total. The van der Waals surface area contributed by atoms with E-state index < -0.39 is 0 Å². The van der Waals surface area contributed by atoms with E-state index in [1.807, 2.05) is 23.1 Å². The fourth-order valence-corrected chi connectivity index (χ4v) is 4.18. The highest BCUT2D eigenvalue weighted by atomic mass is 16.3. The average molecular weight is 376 g/mol. The number of aliphatic hydroxyl groups is 2. The highest BCUT2D eigenvalue weighted by Gasteiger charge is 2.24. The van der Waals surface area contributed by atoms with Crippen molar-refractivity contribution in [2.45, 2.75) is 38.8 Å². The largest absolute Gasteiger partial charge is 0.396 e. The smallest absolute Gasteiger partial charge is 0.317 e. The lowest BCUT2D eigenvalue weighted by Crippen LogP contribution is -2.52. The van der Waals surface area contributed by atoms with Gasteiger partial charge in [-0.25, -0.2) is 4.79 Å². The molecule has 0 aromatic heterocycles. The van der Waals surface area contributed by atoms with Crippen LogP contribution in [-0.2, 0) is 13.2 Å². The van der Waals surface area contributed by atoms with Crippen LogP contribution in [0.5, 0.6) is 0 Å². The first kappa shape index (κ1) is 20.1. The van der Waals surface area contributed by atoms with Crippen molar-refractivity contribution in [3.05, 3.63) is 35.4 Å². The number of benzene rings is 1. The third-order valence-electron chi connectivity index (χ3n) is 6.11. The minimum Gasteiger partial charge on any atom is -0.396 e. The first-order chi connectivity index (χ1) is 13.2. The Morgan fingerprint density at radius 3 is 2.22 bits per heavy atom. The quantitative estimate of drug-likeness (QED) is 0.709. The predicted octanol–water partition coefficient (Wildman–Crippen LogP) is 1.80. The van der Waals surface area contributed by atoms with E-state index in [9.17, 15) is 15.0 Å². The Hall–Kier alpha value is -1.63. The minimum atomic E-state index is 0.0506. The molecule has 2 aliphatic rings. The Bertz CT molecular complexity index is 594. The predicted molar refractivity (Wildman–Crippen MR) is 105 cm³/mol. The van der Waals surface area contributed by atoms with Gasteiger partial charge in [0.2, 0.25) is 0 Å². The summed E-state index contributed by atoms with van der Waals surface area (Å²) in [5, 5.41) is 21.8. The zero-order chi connectivity index (χ0) is 19.1. The van der Waals surface area contributed by atoms with Gasteiger partial charge in [0.1, 0.15) is 0 Å². The third kappa shape index (κ3) is 5.67. The van der Waals surface area contributed by atoms with E-state index >= 15 is 0 Å². The molecule has 1 saturated carbocycles. The number of carbonyl (C=O) groups is 1. The fraction of sp³-hybridized carbons (Fsp3) is 0.667. The Kier molecular flexibility index (Phi) is 7.50. The summed E-state index contributed by atoms with van der Waals surface area (Å²) < 4.78 is 0. The average Bonchev–Trinajstić information content (AvgIpc) is 2.73. The SMILES string of the molecule is O=C(NCC1CCC(CO)CC1)N1CCN(Cc2ccccc2CO)CC1. The van der Waals surface area contributed by atoms with E-state index in [2.05, 4.69) is 16.3 Å². The molecule has 6 nitrogen and oxygen atoms in total. The Balaban J connectivity index is 1.38. The van der Waals surface area contributed by atoms with Crippen molar-refractivity contribution < 1.29 is 15.0 Å². The van der Waals surface area contributed by atoms with Crippen LogP contribution in [0, 0.1) is 11.8 Å². The maximum absolute atomic E-state index is 12.4. The van der Waals surface area contributed by atoms with Crippen molar-refractivity contribution in [1.82, 2.24) is 15.1 Å². The van der Waals surface area contributed by atoms with Gasteiger partial charge in [0, 0.05) is 45.9 Å². The van der Waals surface area contributed by atoms with Gasteiger partial charge in [0.05, 0.1) is 6.61 Å². The molecular weight excluding hydrogens is 342 g/mol. The van der Waals surface area contributed by atoms with Crippen molar-refractivity contribution in [2.75, 3.05) is 39.3 Å². The summed E-state index contributed by atoms with van der Waals surface area (Å²) in [5.74, 6) is 1.01. The van der Waals surface area contributed by atoms with Crippen LogP contribution >= 0.6 is 0 Å². The first-order valence-corrected chi connectivity index (χ1v) is 10.2. The fourth-order valence-electron chi connectivity index (χ4n) is 4.18. The number of amides is 2. The number of hydrogen-bond acceptors (Lipinski definition) is 4. The molecule has 1 aromatic rings. The molecular formula is C21H33N3O3. The summed E-state index contributed by atoms with van der Waals surface area (Å²) in [6.45, 7) is 5.13. The van der Waals surface area contributed by atoms with Gasteiger partial charge < -0.3 is 20.4 Å². The van der Waals surface area contributed by atoms with E-state index in [0.717, 1.165) is 76.1 Å². The molecule has 1 heterocycles. The number of nitrogens with zero attached hydrogens (tertiary/aromatic N) is 2.